The largest absolute Gasteiger partial charge is 0.348 e. The lowest BCUT2D eigenvalue weighted by atomic mass is 9.80. The number of halogens is 2. The summed E-state index contributed by atoms with van der Waals surface area (Å²) in [6.07, 6.45) is 3.87. The minimum atomic E-state index is -0.326. The van der Waals surface area contributed by atoms with Gasteiger partial charge in [-0.15, -0.1) is 0 Å². The third-order valence-corrected chi connectivity index (χ3v) is 5.63. The van der Waals surface area contributed by atoms with E-state index in [4.69, 9.17) is 9.47 Å². The van der Waals surface area contributed by atoms with Crippen LogP contribution in [-0.4, -0.2) is 19.0 Å². The zero-order valence-electron chi connectivity index (χ0n) is 11.0. The molecule has 0 radical (unpaired) electrons. The predicted octanol–water partition coefficient (Wildman–Crippen LogP) is 4.14. The van der Waals surface area contributed by atoms with Gasteiger partial charge in [0.15, 0.2) is 5.79 Å². The van der Waals surface area contributed by atoms with Crippen LogP contribution in [0.15, 0.2) is 12.1 Å². The SMILES string of the molecule is Cc1cc(C2CCC3(CC2)OCCO3)cc(F)c1I. The van der Waals surface area contributed by atoms with E-state index in [1.807, 2.05) is 6.92 Å². The van der Waals surface area contributed by atoms with E-state index in [2.05, 4.69) is 28.7 Å². The molecule has 1 saturated carbocycles. The number of hydrogen-bond donors (Lipinski definition) is 0. The first kappa shape index (κ1) is 13.8. The number of rotatable bonds is 1. The molecule has 0 amide bonds. The minimum Gasteiger partial charge on any atom is -0.348 e. The van der Waals surface area contributed by atoms with E-state index >= 15 is 0 Å². The number of benzene rings is 1. The smallest absolute Gasteiger partial charge is 0.168 e. The molecule has 0 unspecified atom stereocenters. The van der Waals surface area contributed by atoms with Gasteiger partial charge in [-0.1, -0.05) is 6.07 Å². The molecular weight excluding hydrogens is 358 g/mol. The normalized spacial score (nSPS) is 23.1. The van der Waals surface area contributed by atoms with Gasteiger partial charge in [0, 0.05) is 12.8 Å². The molecule has 104 valence electrons. The summed E-state index contributed by atoms with van der Waals surface area (Å²) in [6, 6.07) is 3.83. The molecule has 1 aromatic carbocycles. The molecule has 2 nitrogen and oxygen atoms in total. The van der Waals surface area contributed by atoms with Crippen LogP contribution in [0, 0.1) is 16.3 Å². The Morgan fingerprint density at radius 3 is 2.42 bits per heavy atom. The second-order valence-corrected chi connectivity index (χ2v) is 6.59. The Kier molecular flexibility index (Phi) is 3.84. The fourth-order valence-corrected chi connectivity index (χ4v) is 3.48. The Bertz CT molecular complexity index is 450. The molecule has 2 aliphatic rings. The monoisotopic (exact) mass is 376 g/mol. The fourth-order valence-electron chi connectivity index (χ4n) is 3.17. The van der Waals surface area contributed by atoms with Crippen molar-refractivity contribution in [2.45, 2.75) is 44.3 Å². The molecule has 1 aliphatic heterocycles. The van der Waals surface area contributed by atoms with Crippen molar-refractivity contribution in [3.8, 4) is 0 Å². The van der Waals surface area contributed by atoms with Crippen LogP contribution >= 0.6 is 22.6 Å². The molecule has 0 atom stereocenters. The van der Waals surface area contributed by atoms with Crippen molar-refractivity contribution in [3.05, 3.63) is 32.6 Å². The van der Waals surface area contributed by atoms with Crippen LogP contribution < -0.4 is 0 Å². The highest BCUT2D eigenvalue weighted by Gasteiger charge is 2.40. The highest BCUT2D eigenvalue weighted by molar-refractivity contribution is 14.1. The molecule has 1 aromatic rings. The Morgan fingerprint density at radius 1 is 1.21 bits per heavy atom. The van der Waals surface area contributed by atoms with Crippen LogP contribution in [0.5, 0.6) is 0 Å². The van der Waals surface area contributed by atoms with Crippen LogP contribution in [0.4, 0.5) is 4.39 Å². The molecule has 1 heterocycles. The maximum Gasteiger partial charge on any atom is 0.168 e. The average Bonchev–Trinajstić information content (AvgIpc) is 2.85. The molecule has 0 N–H and O–H groups in total. The van der Waals surface area contributed by atoms with Gasteiger partial charge >= 0.3 is 0 Å². The molecule has 4 heteroatoms. The zero-order valence-corrected chi connectivity index (χ0v) is 13.2. The summed E-state index contributed by atoms with van der Waals surface area (Å²) in [5, 5.41) is 0. The van der Waals surface area contributed by atoms with E-state index in [1.165, 1.54) is 0 Å². The van der Waals surface area contributed by atoms with Crippen molar-refractivity contribution in [3.63, 3.8) is 0 Å². The molecule has 1 aliphatic carbocycles. The highest BCUT2D eigenvalue weighted by atomic mass is 127. The van der Waals surface area contributed by atoms with Gasteiger partial charge in [-0.25, -0.2) is 4.39 Å². The first-order valence-corrected chi connectivity index (χ1v) is 7.91. The predicted molar refractivity (Wildman–Crippen MR) is 79.7 cm³/mol. The molecule has 2 fully saturated rings. The van der Waals surface area contributed by atoms with Crippen LogP contribution in [0.3, 0.4) is 0 Å². The third-order valence-electron chi connectivity index (χ3n) is 4.26. The van der Waals surface area contributed by atoms with E-state index in [1.54, 1.807) is 6.07 Å². The Morgan fingerprint density at radius 2 is 1.84 bits per heavy atom. The topological polar surface area (TPSA) is 18.5 Å². The summed E-state index contributed by atoms with van der Waals surface area (Å²) in [6.45, 7) is 3.39. The highest BCUT2D eigenvalue weighted by Crippen LogP contribution is 2.42. The quantitative estimate of drug-likeness (QED) is 0.686. The first-order chi connectivity index (χ1) is 9.10. The van der Waals surface area contributed by atoms with Crippen molar-refractivity contribution >= 4 is 22.6 Å². The summed E-state index contributed by atoms with van der Waals surface area (Å²) in [4.78, 5) is 0. The standard InChI is InChI=1S/C15H18FIO2/c1-10-8-12(9-13(16)14(10)17)11-2-4-15(5-3-11)18-6-7-19-15/h8-9,11H,2-7H2,1H3. The van der Waals surface area contributed by atoms with Crippen LogP contribution in [0.1, 0.15) is 42.7 Å². The molecule has 0 bridgehead atoms. The van der Waals surface area contributed by atoms with Crippen molar-refractivity contribution in [2.75, 3.05) is 13.2 Å². The van der Waals surface area contributed by atoms with E-state index < -0.39 is 0 Å². The lowest BCUT2D eigenvalue weighted by molar-refractivity contribution is -0.178. The second kappa shape index (κ2) is 5.30. The summed E-state index contributed by atoms with van der Waals surface area (Å²) in [5.74, 6) is 0.0145. The first-order valence-electron chi connectivity index (χ1n) is 6.83. The van der Waals surface area contributed by atoms with Gasteiger partial charge in [-0.2, -0.15) is 0 Å². The van der Waals surface area contributed by atoms with E-state index in [-0.39, 0.29) is 11.6 Å². The summed E-state index contributed by atoms with van der Waals surface area (Å²) in [7, 11) is 0. The molecular formula is C15H18FIO2. The number of aryl methyl sites for hydroxylation is 1. The van der Waals surface area contributed by atoms with Crippen LogP contribution in [-0.2, 0) is 9.47 Å². The lowest BCUT2D eigenvalue weighted by Crippen LogP contribution is -2.34. The van der Waals surface area contributed by atoms with Gasteiger partial charge < -0.3 is 9.47 Å². The molecule has 1 saturated heterocycles. The van der Waals surface area contributed by atoms with Gasteiger partial charge in [0.1, 0.15) is 5.82 Å². The lowest BCUT2D eigenvalue weighted by Gasteiger charge is -2.35. The number of ether oxygens (including phenoxy) is 2. The number of hydrogen-bond acceptors (Lipinski definition) is 2. The van der Waals surface area contributed by atoms with Gasteiger partial charge in [-0.05, 0) is 65.5 Å². The second-order valence-electron chi connectivity index (χ2n) is 5.52. The molecule has 19 heavy (non-hydrogen) atoms. The molecule has 0 aromatic heterocycles. The Balaban J connectivity index is 1.74. The van der Waals surface area contributed by atoms with Crippen LogP contribution in [0.2, 0.25) is 0 Å². The van der Waals surface area contributed by atoms with Gasteiger partial charge in [0.05, 0.1) is 16.8 Å². The Labute approximate surface area is 126 Å². The van der Waals surface area contributed by atoms with Gasteiger partial charge in [-0.3, -0.25) is 0 Å². The summed E-state index contributed by atoms with van der Waals surface area (Å²) >= 11 is 2.07. The van der Waals surface area contributed by atoms with Crippen molar-refractivity contribution in [2.24, 2.45) is 0 Å². The van der Waals surface area contributed by atoms with E-state index in [9.17, 15) is 4.39 Å². The average molecular weight is 376 g/mol. The van der Waals surface area contributed by atoms with E-state index in [0.717, 1.165) is 40.4 Å². The summed E-state index contributed by atoms with van der Waals surface area (Å²) < 4.78 is 26.0. The van der Waals surface area contributed by atoms with E-state index in [0.29, 0.717) is 19.1 Å². The van der Waals surface area contributed by atoms with Crippen LogP contribution in [0.25, 0.3) is 0 Å². The molecule has 3 rings (SSSR count). The Hall–Kier alpha value is -0.200. The molecule has 1 spiro atoms. The van der Waals surface area contributed by atoms with Gasteiger partial charge in [0.25, 0.3) is 0 Å². The van der Waals surface area contributed by atoms with Crippen molar-refractivity contribution in [1.82, 2.24) is 0 Å². The maximum atomic E-state index is 13.8. The van der Waals surface area contributed by atoms with Crippen molar-refractivity contribution < 1.29 is 13.9 Å². The van der Waals surface area contributed by atoms with Crippen molar-refractivity contribution in [1.29, 1.82) is 0 Å². The third kappa shape index (κ3) is 2.67. The minimum absolute atomic E-state index is 0.0933. The maximum absolute atomic E-state index is 13.8. The van der Waals surface area contributed by atoms with Gasteiger partial charge in [0.2, 0.25) is 0 Å². The fraction of sp³-hybridized carbons (Fsp3) is 0.600. The summed E-state index contributed by atoms with van der Waals surface area (Å²) in [5.41, 5.74) is 2.16. The zero-order chi connectivity index (χ0) is 13.5.